The summed E-state index contributed by atoms with van der Waals surface area (Å²) < 4.78 is 5.00. The van der Waals surface area contributed by atoms with Gasteiger partial charge in [-0.1, -0.05) is 23.8 Å². The van der Waals surface area contributed by atoms with Crippen LogP contribution in [0.25, 0.3) is 0 Å². The standard InChI is InChI=1S/C17H24N2O3/c1-4-22-17(21)19-9-7-18(8-10-19)12-16(20)15-6-5-13(2)11-14(15)3/h5-6,11H,4,7-10,12H2,1-3H3. The fraction of sp³-hybridized carbons (Fsp3) is 0.529. The maximum absolute atomic E-state index is 12.4. The molecule has 0 unspecified atom stereocenters. The maximum Gasteiger partial charge on any atom is 0.409 e. The Labute approximate surface area is 131 Å². The zero-order chi connectivity index (χ0) is 16.1. The van der Waals surface area contributed by atoms with Gasteiger partial charge in [0, 0.05) is 31.7 Å². The number of amides is 1. The van der Waals surface area contributed by atoms with Crippen LogP contribution in [0.1, 0.15) is 28.4 Å². The van der Waals surface area contributed by atoms with Crippen molar-refractivity contribution in [1.29, 1.82) is 0 Å². The molecule has 0 aliphatic carbocycles. The van der Waals surface area contributed by atoms with E-state index in [-0.39, 0.29) is 11.9 Å². The molecule has 1 amide bonds. The van der Waals surface area contributed by atoms with Gasteiger partial charge in [-0.05, 0) is 26.3 Å². The predicted octanol–water partition coefficient (Wildman–Crippen LogP) is 2.26. The van der Waals surface area contributed by atoms with E-state index in [2.05, 4.69) is 4.90 Å². The van der Waals surface area contributed by atoms with Gasteiger partial charge in [0.2, 0.25) is 0 Å². The number of nitrogens with zero attached hydrogens (tertiary/aromatic N) is 2. The van der Waals surface area contributed by atoms with Crippen LogP contribution in [0.3, 0.4) is 0 Å². The van der Waals surface area contributed by atoms with Crippen LogP contribution in [0.2, 0.25) is 0 Å². The van der Waals surface area contributed by atoms with Gasteiger partial charge in [-0.15, -0.1) is 0 Å². The minimum atomic E-state index is -0.261. The Morgan fingerprint density at radius 1 is 1.14 bits per heavy atom. The summed E-state index contributed by atoms with van der Waals surface area (Å²) in [6.45, 7) is 9.22. The van der Waals surface area contributed by atoms with Gasteiger partial charge in [0.25, 0.3) is 0 Å². The number of hydrogen-bond acceptors (Lipinski definition) is 4. The summed E-state index contributed by atoms with van der Waals surface area (Å²) in [5.41, 5.74) is 2.98. The number of piperazine rings is 1. The van der Waals surface area contributed by atoms with Gasteiger partial charge in [0.1, 0.15) is 0 Å². The lowest BCUT2D eigenvalue weighted by molar-refractivity contribution is 0.0733. The summed E-state index contributed by atoms with van der Waals surface area (Å²) in [5.74, 6) is 0.141. The number of rotatable bonds is 4. The number of aryl methyl sites for hydroxylation is 2. The topological polar surface area (TPSA) is 49.9 Å². The number of carbonyl (C=O) groups excluding carboxylic acids is 2. The van der Waals surface area contributed by atoms with E-state index in [4.69, 9.17) is 4.74 Å². The van der Waals surface area contributed by atoms with Crippen LogP contribution in [0.15, 0.2) is 18.2 Å². The zero-order valence-electron chi connectivity index (χ0n) is 13.6. The van der Waals surface area contributed by atoms with E-state index < -0.39 is 0 Å². The first-order valence-electron chi connectivity index (χ1n) is 7.75. The molecule has 1 aromatic carbocycles. The molecule has 1 saturated heterocycles. The third kappa shape index (κ3) is 4.07. The Hall–Kier alpha value is -1.88. The lowest BCUT2D eigenvalue weighted by Crippen LogP contribution is -2.50. The smallest absolute Gasteiger partial charge is 0.409 e. The molecule has 0 radical (unpaired) electrons. The first kappa shape index (κ1) is 16.5. The van der Waals surface area contributed by atoms with Crippen molar-refractivity contribution in [3.8, 4) is 0 Å². The summed E-state index contributed by atoms with van der Waals surface area (Å²) >= 11 is 0. The van der Waals surface area contributed by atoms with Gasteiger partial charge >= 0.3 is 6.09 Å². The first-order chi connectivity index (χ1) is 10.5. The molecule has 1 fully saturated rings. The summed E-state index contributed by atoms with van der Waals surface area (Å²) in [4.78, 5) is 27.8. The summed E-state index contributed by atoms with van der Waals surface area (Å²) in [6, 6.07) is 5.91. The van der Waals surface area contributed by atoms with Gasteiger partial charge < -0.3 is 9.64 Å². The van der Waals surface area contributed by atoms with Crippen molar-refractivity contribution >= 4 is 11.9 Å². The molecule has 5 heteroatoms. The second kappa shape index (κ2) is 7.40. The number of ether oxygens (including phenoxy) is 1. The summed E-state index contributed by atoms with van der Waals surface area (Å²) in [5, 5.41) is 0. The minimum absolute atomic E-state index is 0.141. The molecule has 1 aromatic rings. The van der Waals surface area contributed by atoms with E-state index in [0.717, 1.165) is 16.7 Å². The molecule has 0 N–H and O–H groups in total. The van der Waals surface area contributed by atoms with Crippen LogP contribution in [-0.2, 0) is 4.74 Å². The number of Topliss-reactive ketones (excluding diaryl/α,β-unsaturated/α-hetero) is 1. The van der Waals surface area contributed by atoms with Crippen molar-refractivity contribution in [1.82, 2.24) is 9.80 Å². The Morgan fingerprint density at radius 2 is 1.82 bits per heavy atom. The van der Waals surface area contributed by atoms with Gasteiger partial charge in [-0.2, -0.15) is 0 Å². The Morgan fingerprint density at radius 3 is 2.41 bits per heavy atom. The monoisotopic (exact) mass is 304 g/mol. The van der Waals surface area contributed by atoms with E-state index in [9.17, 15) is 9.59 Å². The van der Waals surface area contributed by atoms with Crippen molar-refractivity contribution in [2.45, 2.75) is 20.8 Å². The molecule has 0 atom stereocenters. The van der Waals surface area contributed by atoms with Gasteiger partial charge in [-0.25, -0.2) is 4.79 Å². The number of benzene rings is 1. The van der Waals surface area contributed by atoms with E-state index in [0.29, 0.717) is 39.3 Å². The molecular weight excluding hydrogens is 280 g/mol. The highest BCUT2D eigenvalue weighted by molar-refractivity contribution is 5.99. The summed E-state index contributed by atoms with van der Waals surface area (Å²) in [7, 11) is 0. The fourth-order valence-electron chi connectivity index (χ4n) is 2.72. The van der Waals surface area contributed by atoms with Crippen LogP contribution in [0.5, 0.6) is 0 Å². The number of ketones is 1. The Kier molecular flexibility index (Phi) is 5.55. The van der Waals surface area contributed by atoms with E-state index >= 15 is 0 Å². The predicted molar refractivity (Wildman–Crippen MR) is 85.3 cm³/mol. The van der Waals surface area contributed by atoms with Crippen LogP contribution in [0.4, 0.5) is 4.79 Å². The lowest BCUT2D eigenvalue weighted by Gasteiger charge is -2.33. The molecule has 0 spiro atoms. The molecule has 0 bridgehead atoms. The molecule has 1 aliphatic heterocycles. The Bertz CT molecular complexity index is 549. The average molecular weight is 304 g/mol. The highest BCUT2D eigenvalue weighted by Gasteiger charge is 2.23. The first-order valence-corrected chi connectivity index (χ1v) is 7.75. The van der Waals surface area contributed by atoms with Gasteiger partial charge in [0.05, 0.1) is 13.2 Å². The molecular formula is C17H24N2O3. The summed E-state index contributed by atoms with van der Waals surface area (Å²) in [6.07, 6.45) is -0.261. The molecule has 1 heterocycles. The largest absolute Gasteiger partial charge is 0.450 e. The maximum atomic E-state index is 12.4. The molecule has 120 valence electrons. The van der Waals surface area contributed by atoms with Crippen LogP contribution >= 0.6 is 0 Å². The molecule has 5 nitrogen and oxygen atoms in total. The third-order valence-corrected chi connectivity index (χ3v) is 3.95. The molecule has 1 aliphatic rings. The van der Waals surface area contributed by atoms with Crippen molar-refractivity contribution in [3.63, 3.8) is 0 Å². The lowest BCUT2D eigenvalue weighted by atomic mass is 10.0. The normalized spacial score (nSPS) is 15.7. The second-order valence-electron chi connectivity index (χ2n) is 5.70. The average Bonchev–Trinajstić information content (AvgIpc) is 2.48. The van der Waals surface area contributed by atoms with Crippen molar-refractivity contribution in [2.24, 2.45) is 0 Å². The number of hydrogen-bond donors (Lipinski definition) is 0. The molecule has 0 aromatic heterocycles. The van der Waals surface area contributed by atoms with Gasteiger partial charge in [0.15, 0.2) is 5.78 Å². The zero-order valence-corrected chi connectivity index (χ0v) is 13.6. The van der Waals surface area contributed by atoms with E-state index in [1.807, 2.05) is 32.0 Å². The van der Waals surface area contributed by atoms with Crippen LogP contribution < -0.4 is 0 Å². The third-order valence-electron chi connectivity index (χ3n) is 3.95. The molecule has 22 heavy (non-hydrogen) atoms. The molecule has 2 rings (SSSR count). The highest BCUT2D eigenvalue weighted by atomic mass is 16.6. The second-order valence-corrected chi connectivity index (χ2v) is 5.70. The van der Waals surface area contributed by atoms with Gasteiger partial charge in [-0.3, -0.25) is 9.69 Å². The van der Waals surface area contributed by atoms with Crippen molar-refractivity contribution in [2.75, 3.05) is 39.3 Å². The van der Waals surface area contributed by atoms with Crippen molar-refractivity contribution < 1.29 is 14.3 Å². The highest BCUT2D eigenvalue weighted by Crippen LogP contribution is 2.13. The Balaban J connectivity index is 1.88. The van der Waals surface area contributed by atoms with Crippen molar-refractivity contribution in [3.05, 3.63) is 34.9 Å². The van der Waals surface area contributed by atoms with E-state index in [1.165, 1.54) is 0 Å². The SMILES string of the molecule is CCOC(=O)N1CCN(CC(=O)c2ccc(C)cc2C)CC1. The fourth-order valence-corrected chi connectivity index (χ4v) is 2.72. The van der Waals surface area contributed by atoms with E-state index in [1.54, 1.807) is 11.8 Å². The van der Waals surface area contributed by atoms with Crippen LogP contribution in [-0.4, -0.2) is 61.0 Å². The number of carbonyl (C=O) groups is 2. The quantitative estimate of drug-likeness (QED) is 0.801. The molecule has 0 saturated carbocycles. The minimum Gasteiger partial charge on any atom is -0.450 e. The van der Waals surface area contributed by atoms with Crippen LogP contribution in [0, 0.1) is 13.8 Å².